The number of aliphatic hydroxyl groups excluding tert-OH is 2. The summed E-state index contributed by atoms with van der Waals surface area (Å²) >= 11 is 0. The van der Waals surface area contributed by atoms with Crippen LogP contribution in [-0.2, 0) is 6.61 Å². The Labute approximate surface area is 108 Å². The van der Waals surface area contributed by atoms with Gasteiger partial charge in [0.05, 0.1) is 6.61 Å². The van der Waals surface area contributed by atoms with Crippen LogP contribution in [0.5, 0.6) is 0 Å². The molecule has 0 aromatic carbocycles. The van der Waals surface area contributed by atoms with Crippen LogP contribution in [-0.4, -0.2) is 34.9 Å². The highest BCUT2D eigenvalue weighted by molar-refractivity contribution is 5.47. The molecular formula is C14H22N2O2. The second-order valence-corrected chi connectivity index (χ2v) is 5.11. The van der Waals surface area contributed by atoms with Crippen LogP contribution in [0.15, 0.2) is 12.3 Å². The Kier molecular flexibility index (Phi) is 4.55. The van der Waals surface area contributed by atoms with Gasteiger partial charge in [-0.1, -0.05) is 0 Å². The summed E-state index contributed by atoms with van der Waals surface area (Å²) in [5.41, 5.74) is 1.98. The SMILES string of the molecule is Cc1cc(CO)cnc1N1CCCC(CCO)C1. The van der Waals surface area contributed by atoms with Crippen molar-refractivity contribution < 1.29 is 10.2 Å². The standard InChI is InChI=1S/C14H22N2O2/c1-11-7-13(10-18)8-15-14(11)16-5-2-3-12(9-16)4-6-17/h7-8,12,17-18H,2-6,9-10H2,1H3. The number of hydrogen-bond donors (Lipinski definition) is 2. The molecular weight excluding hydrogens is 228 g/mol. The number of pyridine rings is 1. The minimum absolute atomic E-state index is 0.0429. The Balaban J connectivity index is 2.10. The lowest BCUT2D eigenvalue weighted by atomic mass is 9.95. The van der Waals surface area contributed by atoms with Crippen LogP contribution in [0.25, 0.3) is 0 Å². The van der Waals surface area contributed by atoms with Crippen molar-refractivity contribution >= 4 is 5.82 Å². The summed E-state index contributed by atoms with van der Waals surface area (Å²) in [5.74, 6) is 1.59. The summed E-state index contributed by atoms with van der Waals surface area (Å²) in [4.78, 5) is 6.78. The summed E-state index contributed by atoms with van der Waals surface area (Å²) in [7, 11) is 0. The Bertz CT molecular complexity index is 393. The number of anilines is 1. The molecule has 1 aliphatic rings. The number of aryl methyl sites for hydroxylation is 1. The highest BCUT2D eigenvalue weighted by atomic mass is 16.3. The van der Waals surface area contributed by atoms with Crippen LogP contribution in [0.4, 0.5) is 5.82 Å². The molecule has 2 heterocycles. The van der Waals surface area contributed by atoms with E-state index in [4.69, 9.17) is 10.2 Å². The van der Waals surface area contributed by atoms with E-state index in [1.807, 2.05) is 13.0 Å². The quantitative estimate of drug-likeness (QED) is 0.850. The Morgan fingerprint density at radius 3 is 2.94 bits per heavy atom. The van der Waals surface area contributed by atoms with Gasteiger partial charge in [-0.15, -0.1) is 0 Å². The summed E-state index contributed by atoms with van der Waals surface area (Å²) in [6.07, 6.45) is 4.99. The third-order valence-corrected chi connectivity index (χ3v) is 3.65. The second kappa shape index (κ2) is 6.16. The van der Waals surface area contributed by atoms with E-state index in [2.05, 4.69) is 9.88 Å². The van der Waals surface area contributed by atoms with Crippen LogP contribution < -0.4 is 4.90 Å². The van der Waals surface area contributed by atoms with Crippen LogP contribution in [0.2, 0.25) is 0 Å². The average molecular weight is 250 g/mol. The van der Waals surface area contributed by atoms with Crippen molar-refractivity contribution in [1.82, 2.24) is 4.98 Å². The number of hydrogen-bond acceptors (Lipinski definition) is 4. The van der Waals surface area contributed by atoms with Gasteiger partial charge in [0.1, 0.15) is 5.82 Å². The fourth-order valence-corrected chi connectivity index (χ4v) is 2.72. The molecule has 2 N–H and O–H groups in total. The molecule has 4 nitrogen and oxygen atoms in total. The Morgan fingerprint density at radius 2 is 2.28 bits per heavy atom. The molecule has 1 aliphatic heterocycles. The van der Waals surface area contributed by atoms with Crippen LogP contribution in [0.3, 0.4) is 0 Å². The number of rotatable bonds is 4. The maximum Gasteiger partial charge on any atom is 0.131 e. The zero-order valence-electron chi connectivity index (χ0n) is 11.0. The number of aromatic nitrogens is 1. The highest BCUT2D eigenvalue weighted by Gasteiger charge is 2.21. The van der Waals surface area contributed by atoms with Crippen molar-refractivity contribution in [2.24, 2.45) is 5.92 Å². The molecule has 100 valence electrons. The van der Waals surface area contributed by atoms with Crippen LogP contribution >= 0.6 is 0 Å². The first-order valence-corrected chi connectivity index (χ1v) is 6.66. The third-order valence-electron chi connectivity index (χ3n) is 3.65. The summed E-state index contributed by atoms with van der Waals surface area (Å²) in [6, 6.07) is 2.00. The molecule has 1 unspecified atom stereocenters. The molecule has 4 heteroatoms. The number of aliphatic hydroxyl groups is 2. The molecule has 1 aromatic heterocycles. The predicted octanol–water partition coefficient (Wildman–Crippen LogP) is 1.48. The van der Waals surface area contributed by atoms with Gasteiger partial charge in [-0.2, -0.15) is 0 Å². The van der Waals surface area contributed by atoms with E-state index in [1.165, 1.54) is 6.42 Å². The van der Waals surface area contributed by atoms with Crippen molar-refractivity contribution in [3.05, 3.63) is 23.4 Å². The maximum absolute atomic E-state index is 9.09. The summed E-state index contributed by atoms with van der Waals surface area (Å²) < 4.78 is 0. The van der Waals surface area contributed by atoms with Crippen molar-refractivity contribution in [3.63, 3.8) is 0 Å². The van der Waals surface area contributed by atoms with Gasteiger partial charge in [-0.05, 0) is 49.3 Å². The van der Waals surface area contributed by atoms with Crippen molar-refractivity contribution in [3.8, 4) is 0 Å². The zero-order valence-corrected chi connectivity index (χ0v) is 11.0. The molecule has 0 spiro atoms. The largest absolute Gasteiger partial charge is 0.396 e. The average Bonchev–Trinajstić information content (AvgIpc) is 2.39. The van der Waals surface area contributed by atoms with E-state index in [9.17, 15) is 0 Å². The van der Waals surface area contributed by atoms with E-state index in [1.54, 1.807) is 6.20 Å². The van der Waals surface area contributed by atoms with Gasteiger partial charge in [0.2, 0.25) is 0 Å². The fourth-order valence-electron chi connectivity index (χ4n) is 2.72. The van der Waals surface area contributed by atoms with E-state index in [-0.39, 0.29) is 13.2 Å². The molecule has 1 atom stereocenters. The molecule has 0 amide bonds. The van der Waals surface area contributed by atoms with E-state index in [0.29, 0.717) is 5.92 Å². The monoisotopic (exact) mass is 250 g/mol. The molecule has 18 heavy (non-hydrogen) atoms. The van der Waals surface area contributed by atoms with Gasteiger partial charge < -0.3 is 15.1 Å². The molecule has 1 saturated heterocycles. The highest BCUT2D eigenvalue weighted by Crippen LogP contribution is 2.26. The van der Waals surface area contributed by atoms with Crippen LogP contribution in [0, 0.1) is 12.8 Å². The molecule has 1 fully saturated rings. The van der Waals surface area contributed by atoms with Gasteiger partial charge in [0.25, 0.3) is 0 Å². The number of piperidine rings is 1. The van der Waals surface area contributed by atoms with Crippen molar-refractivity contribution in [2.45, 2.75) is 32.8 Å². The van der Waals surface area contributed by atoms with Crippen molar-refractivity contribution in [2.75, 3.05) is 24.6 Å². The molecule has 1 aromatic rings. The van der Waals surface area contributed by atoms with E-state index in [0.717, 1.165) is 42.9 Å². The fraction of sp³-hybridized carbons (Fsp3) is 0.643. The van der Waals surface area contributed by atoms with Gasteiger partial charge in [-0.25, -0.2) is 4.98 Å². The maximum atomic E-state index is 9.09. The smallest absolute Gasteiger partial charge is 0.131 e. The molecule has 0 bridgehead atoms. The second-order valence-electron chi connectivity index (χ2n) is 5.11. The molecule has 0 saturated carbocycles. The molecule has 0 radical (unpaired) electrons. The molecule has 2 rings (SSSR count). The van der Waals surface area contributed by atoms with Gasteiger partial charge >= 0.3 is 0 Å². The van der Waals surface area contributed by atoms with Gasteiger partial charge in [-0.3, -0.25) is 0 Å². The van der Waals surface area contributed by atoms with Gasteiger partial charge in [0, 0.05) is 25.9 Å². The molecule has 0 aliphatic carbocycles. The first-order chi connectivity index (χ1) is 8.74. The number of nitrogens with zero attached hydrogens (tertiary/aromatic N) is 2. The summed E-state index contributed by atoms with van der Waals surface area (Å²) in [6.45, 7) is 4.37. The normalized spacial score (nSPS) is 20.2. The lowest BCUT2D eigenvalue weighted by Crippen LogP contribution is -2.36. The van der Waals surface area contributed by atoms with E-state index < -0.39 is 0 Å². The summed E-state index contributed by atoms with van der Waals surface area (Å²) in [5, 5.41) is 18.1. The topological polar surface area (TPSA) is 56.6 Å². The lowest BCUT2D eigenvalue weighted by molar-refractivity contribution is 0.244. The Morgan fingerprint density at radius 1 is 1.44 bits per heavy atom. The third kappa shape index (κ3) is 3.00. The first-order valence-electron chi connectivity index (χ1n) is 6.66. The van der Waals surface area contributed by atoms with Gasteiger partial charge in [0.15, 0.2) is 0 Å². The Hall–Kier alpha value is -1.13. The first kappa shape index (κ1) is 13.3. The zero-order chi connectivity index (χ0) is 13.0. The van der Waals surface area contributed by atoms with Crippen LogP contribution in [0.1, 0.15) is 30.4 Å². The van der Waals surface area contributed by atoms with Crippen molar-refractivity contribution in [1.29, 1.82) is 0 Å². The predicted molar refractivity (Wildman–Crippen MR) is 71.5 cm³/mol. The lowest BCUT2D eigenvalue weighted by Gasteiger charge is -2.34. The minimum Gasteiger partial charge on any atom is -0.396 e. The minimum atomic E-state index is 0.0429. The van der Waals surface area contributed by atoms with E-state index >= 15 is 0 Å².